The summed E-state index contributed by atoms with van der Waals surface area (Å²) in [6.45, 7) is 27.0. The molecular weight excluding hydrogens is 1230 g/mol. The monoisotopic (exact) mass is 1350 g/mol. The molecule has 1 aromatic carbocycles. The fourth-order valence-electron chi connectivity index (χ4n) is 11.6. The number of amides is 11. The van der Waals surface area contributed by atoms with Crippen molar-refractivity contribution in [1.82, 2.24) is 55.6 Å². The van der Waals surface area contributed by atoms with Crippen molar-refractivity contribution in [3.63, 3.8) is 0 Å². The molecule has 0 aromatic heterocycles. The van der Waals surface area contributed by atoms with E-state index in [1.165, 1.54) is 82.8 Å². The van der Waals surface area contributed by atoms with E-state index in [1.54, 1.807) is 85.9 Å². The Morgan fingerprint density at radius 2 is 1.05 bits per heavy atom. The van der Waals surface area contributed by atoms with Gasteiger partial charge in [-0.25, -0.2) is 0 Å². The second kappa shape index (κ2) is 40.3. The standard InChI is InChI=1S/C70H118N12O14/c1-24-26-32-46(13)60(84)59-64(88)74-51(25-2)66(90)76(17)40-55(83)80(21)58(49(16)95-36-31-30-35-71-96-50-33-28-27-29-34-50)63(87)75-56(44(9)10)69(93)77(18)52(37-41(3)4)62(86)72-47(14)61(85)73-48(15)65(89)78(19)53(38-42(5)6)67(91)79(20)54(39-43(7)8)68(92)81(22)57(45(11)12)70(94)82(59)23/h24,26-29,33-35,41-49,51-54,56-60,84H,25,30-32,36-40H2,1-23H3,(H,72,86)(H,73,85)(H,74,88)(H,75,87)/b26-24+,71-35-/t46-,47+,48-,49-,51+,52+,53+,54+,56+,57+,58+,59+,60-/m1/s1. The molecule has 5 N–H and O–H groups in total. The minimum absolute atomic E-state index is 0.0182. The molecule has 26 nitrogen and oxygen atoms in total. The molecule has 0 saturated carbocycles. The number of allylic oxidation sites excluding steroid dienone is 2. The fraction of sp³-hybridized carbons (Fsp3) is 0.714. The number of hydrogen-bond donors (Lipinski definition) is 5. The summed E-state index contributed by atoms with van der Waals surface area (Å²) in [5.74, 6) is -9.74. The van der Waals surface area contributed by atoms with E-state index in [9.17, 15) is 43.5 Å². The summed E-state index contributed by atoms with van der Waals surface area (Å²) in [5.41, 5.74) is 0. The number of nitrogens with zero attached hydrogens (tertiary/aromatic N) is 8. The van der Waals surface area contributed by atoms with Gasteiger partial charge in [-0.3, -0.25) is 52.7 Å². The number of carbonyl (C=O) groups excluding carboxylic acids is 11. The highest BCUT2D eigenvalue weighted by Crippen LogP contribution is 2.26. The molecule has 1 aromatic rings. The molecule has 0 spiro atoms. The third-order valence-electron chi connectivity index (χ3n) is 17.6. The zero-order chi connectivity index (χ0) is 73.3. The van der Waals surface area contributed by atoms with Crippen LogP contribution in [0.5, 0.6) is 5.75 Å². The SMILES string of the molecule is C/C=C/C[C@@H](C)[C@@H](O)[C@H]1C(=O)N[C@@H](CC)C(=O)N(C)CC(=O)N(C)[C@@H]([C@@H](C)OCCC/C=N\Oc2ccccc2)C(=O)N[C@@H](C(C)C)C(=O)N(C)[C@@H](CC(C)C)C(=O)N[C@@H](C)C(=O)N[C@H](C)C(=O)N(C)[C@@H](CC(C)C)C(=O)N(C)[C@@H](CC(C)C)C(=O)N(C)[C@@H](C(C)C)C(=O)N1C. The van der Waals surface area contributed by atoms with Crippen molar-refractivity contribution in [2.45, 2.75) is 228 Å². The van der Waals surface area contributed by atoms with Gasteiger partial charge in [0.15, 0.2) is 5.75 Å². The zero-order valence-corrected chi connectivity index (χ0v) is 61.7. The minimum Gasteiger partial charge on any atom is -0.390 e. The molecule has 1 fully saturated rings. The van der Waals surface area contributed by atoms with Gasteiger partial charge in [0.1, 0.15) is 60.4 Å². The molecule has 1 saturated heterocycles. The first kappa shape index (κ1) is 84.6. The summed E-state index contributed by atoms with van der Waals surface area (Å²) >= 11 is 0. The van der Waals surface area contributed by atoms with E-state index in [4.69, 9.17) is 9.57 Å². The molecule has 0 aliphatic carbocycles. The van der Waals surface area contributed by atoms with E-state index in [2.05, 4.69) is 26.4 Å². The van der Waals surface area contributed by atoms with Crippen molar-refractivity contribution < 1.29 is 67.4 Å². The highest BCUT2D eigenvalue weighted by Gasteiger charge is 2.46. The Kier molecular flexibility index (Phi) is 35.5. The van der Waals surface area contributed by atoms with Crippen molar-refractivity contribution in [2.24, 2.45) is 40.7 Å². The Hall–Kier alpha value is -7.48. The fourth-order valence-corrected chi connectivity index (χ4v) is 11.6. The summed E-state index contributed by atoms with van der Waals surface area (Å²) in [6.07, 6.45) is 4.05. The van der Waals surface area contributed by atoms with Crippen LogP contribution >= 0.6 is 0 Å². The maximum Gasteiger partial charge on any atom is 0.246 e. The maximum absolute atomic E-state index is 15.2. The lowest BCUT2D eigenvalue weighted by atomic mass is 9.91. The van der Waals surface area contributed by atoms with Gasteiger partial charge in [0, 0.05) is 62.2 Å². The average Bonchev–Trinajstić information content (AvgIpc) is 0.821. The predicted octanol–water partition coefficient (Wildman–Crippen LogP) is 4.47. The lowest BCUT2D eigenvalue weighted by Crippen LogP contribution is -2.63. The van der Waals surface area contributed by atoms with Gasteiger partial charge in [-0.2, -0.15) is 0 Å². The number of para-hydroxylation sites is 1. The smallest absolute Gasteiger partial charge is 0.246 e. The van der Waals surface area contributed by atoms with E-state index < -0.39 is 162 Å². The second-order valence-corrected chi connectivity index (χ2v) is 27.8. The normalized spacial score (nSPS) is 25.5. The number of carbonyl (C=O) groups is 11. The summed E-state index contributed by atoms with van der Waals surface area (Å²) in [7, 11) is 9.77. The number of ether oxygens (including phenoxy) is 1. The van der Waals surface area contributed by atoms with Crippen LogP contribution in [0.1, 0.15) is 156 Å². The van der Waals surface area contributed by atoms with Crippen molar-refractivity contribution in [3.8, 4) is 5.75 Å². The quantitative estimate of drug-likeness (QED) is 0.0491. The topological polar surface area (TPSA) is 310 Å². The molecule has 0 bridgehead atoms. The summed E-state index contributed by atoms with van der Waals surface area (Å²) in [5, 5.41) is 27.2. The Labute approximate surface area is 571 Å². The average molecular weight is 1350 g/mol. The van der Waals surface area contributed by atoms with Gasteiger partial charge >= 0.3 is 0 Å². The number of unbranched alkanes of at least 4 members (excludes halogenated alkanes) is 1. The van der Waals surface area contributed by atoms with Gasteiger partial charge in [0.05, 0.1) is 18.8 Å². The van der Waals surface area contributed by atoms with Crippen LogP contribution in [0, 0.1) is 35.5 Å². The summed E-state index contributed by atoms with van der Waals surface area (Å²) < 4.78 is 6.24. The molecule has 0 unspecified atom stereocenters. The molecule has 0 radical (unpaired) electrons. The van der Waals surface area contributed by atoms with Crippen molar-refractivity contribution in [2.75, 3.05) is 62.5 Å². The van der Waals surface area contributed by atoms with Gasteiger partial charge in [-0.05, 0) is 120 Å². The molecule has 11 amide bonds. The highest BCUT2D eigenvalue weighted by molar-refractivity contribution is 5.99. The van der Waals surface area contributed by atoms with Crippen LogP contribution in [0.4, 0.5) is 0 Å². The van der Waals surface area contributed by atoms with Crippen LogP contribution in [-0.4, -0.2) is 246 Å². The lowest BCUT2D eigenvalue weighted by Gasteiger charge is -2.41. The third-order valence-corrected chi connectivity index (χ3v) is 17.6. The van der Waals surface area contributed by atoms with E-state index in [-0.39, 0.29) is 56.5 Å². The van der Waals surface area contributed by atoms with Gasteiger partial charge in [0.2, 0.25) is 65.0 Å². The third kappa shape index (κ3) is 24.6. The van der Waals surface area contributed by atoms with Gasteiger partial charge in [-0.1, -0.05) is 119 Å². The first-order valence-electron chi connectivity index (χ1n) is 34.0. The Morgan fingerprint density at radius 1 is 0.552 bits per heavy atom. The van der Waals surface area contributed by atoms with Crippen LogP contribution in [-0.2, 0) is 57.5 Å². The molecule has 96 heavy (non-hydrogen) atoms. The zero-order valence-electron chi connectivity index (χ0n) is 61.7. The summed E-state index contributed by atoms with van der Waals surface area (Å²) in [4.78, 5) is 176. The number of aliphatic hydroxyl groups excluding tert-OH is 1. The number of aliphatic hydroxyl groups is 1. The van der Waals surface area contributed by atoms with Crippen molar-refractivity contribution >= 4 is 71.2 Å². The van der Waals surface area contributed by atoms with Gasteiger partial charge < -0.3 is 70.2 Å². The number of benzene rings is 1. The molecule has 1 aliphatic rings. The number of rotatable bonds is 21. The predicted molar refractivity (Wildman–Crippen MR) is 369 cm³/mol. The molecule has 1 aliphatic heterocycles. The largest absolute Gasteiger partial charge is 0.390 e. The van der Waals surface area contributed by atoms with Crippen LogP contribution < -0.4 is 26.1 Å². The Morgan fingerprint density at radius 3 is 1.57 bits per heavy atom. The highest BCUT2D eigenvalue weighted by atomic mass is 16.6. The van der Waals surface area contributed by atoms with E-state index in [0.717, 1.165) is 14.7 Å². The van der Waals surface area contributed by atoms with Crippen LogP contribution in [0.3, 0.4) is 0 Å². The van der Waals surface area contributed by atoms with Crippen molar-refractivity contribution in [3.05, 3.63) is 42.5 Å². The molecule has 13 atom stereocenters. The van der Waals surface area contributed by atoms with Gasteiger partial charge in [0.25, 0.3) is 0 Å². The van der Waals surface area contributed by atoms with E-state index in [1.807, 2.05) is 59.7 Å². The van der Waals surface area contributed by atoms with E-state index in [0.29, 0.717) is 18.6 Å². The number of oxime groups is 1. The first-order valence-corrected chi connectivity index (χ1v) is 34.0. The molecule has 2 rings (SSSR count). The molecule has 1 heterocycles. The van der Waals surface area contributed by atoms with Gasteiger partial charge in [-0.15, -0.1) is 0 Å². The summed E-state index contributed by atoms with van der Waals surface area (Å²) in [6, 6.07) is -4.05. The number of nitrogens with one attached hydrogen (secondary N) is 4. The van der Waals surface area contributed by atoms with Crippen molar-refractivity contribution in [1.29, 1.82) is 0 Å². The second-order valence-electron chi connectivity index (χ2n) is 27.8. The molecule has 542 valence electrons. The lowest BCUT2D eigenvalue weighted by molar-refractivity contribution is -0.157. The number of likely N-dealkylation sites (N-methyl/N-ethyl adjacent to an activating group) is 7. The van der Waals surface area contributed by atoms with Crippen LogP contribution in [0.25, 0.3) is 0 Å². The Bertz CT molecular complexity index is 2800. The Balaban J connectivity index is 2.97. The van der Waals surface area contributed by atoms with Crippen LogP contribution in [0.2, 0.25) is 0 Å². The number of hydrogen-bond acceptors (Lipinski definition) is 15. The van der Waals surface area contributed by atoms with E-state index >= 15 is 14.4 Å². The maximum atomic E-state index is 15.2. The minimum atomic E-state index is -1.65. The molecule has 26 heteroatoms. The first-order chi connectivity index (χ1) is 44.8. The molecular formula is C70H118N12O14. The van der Waals surface area contributed by atoms with Crippen LogP contribution in [0.15, 0.2) is 47.6 Å².